The van der Waals surface area contributed by atoms with Crippen LogP contribution < -0.4 is 14.9 Å². The Bertz CT molecular complexity index is 2400. The number of aromatic hydroxyl groups is 4. The van der Waals surface area contributed by atoms with E-state index in [1.54, 1.807) is 0 Å². The second kappa shape index (κ2) is 19.4. The summed E-state index contributed by atoms with van der Waals surface area (Å²) in [5.41, 5.74) is -1.27. The molecule has 0 spiro atoms. The minimum Gasteiger partial charge on any atom is -0.508 e. The quantitative estimate of drug-likeness (QED) is 0.0406. The van der Waals surface area contributed by atoms with Crippen LogP contribution in [0.5, 0.6) is 34.5 Å². The number of aliphatic hydroxyl groups is 9. The van der Waals surface area contributed by atoms with E-state index in [1.165, 1.54) is 37.3 Å². The van der Waals surface area contributed by atoms with Crippen molar-refractivity contribution in [3.8, 4) is 45.8 Å². The zero-order chi connectivity index (χ0) is 47.0. The van der Waals surface area contributed by atoms with Crippen molar-refractivity contribution in [2.45, 2.75) is 99.0 Å². The van der Waals surface area contributed by atoms with Gasteiger partial charge in [-0.05, 0) is 55.0 Å². The number of hydrogen-bond acceptors (Lipinski definition) is 23. The molecule has 1 aromatic heterocycles. The van der Waals surface area contributed by atoms with Gasteiger partial charge in [-0.2, -0.15) is 0 Å². The van der Waals surface area contributed by atoms with Gasteiger partial charge in [0.1, 0.15) is 89.3 Å². The fourth-order valence-electron chi connectivity index (χ4n) is 7.33. The normalized spacial score (nSPS) is 32.9. The summed E-state index contributed by atoms with van der Waals surface area (Å²) in [6, 6.07) is 10.6. The van der Waals surface area contributed by atoms with E-state index in [0.717, 1.165) is 36.4 Å². The number of carbonyl (C=O) groups excluding carboxylic acids is 1. The van der Waals surface area contributed by atoms with Crippen molar-refractivity contribution in [3.63, 3.8) is 0 Å². The van der Waals surface area contributed by atoms with Crippen molar-refractivity contribution in [3.05, 3.63) is 76.5 Å². The summed E-state index contributed by atoms with van der Waals surface area (Å²) in [4.78, 5) is 28.1. The summed E-state index contributed by atoms with van der Waals surface area (Å²) in [5.74, 6) is -4.68. The second-order valence-corrected chi connectivity index (χ2v) is 15.4. The number of fused-ring (bicyclic) bond motifs is 1. The van der Waals surface area contributed by atoms with E-state index in [0.29, 0.717) is 0 Å². The first kappa shape index (κ1) is 47.3. The van der Waals surface area contributed by atoms with Gasteiger partial charge in [-0.25, -0.2) is 4.79 Å². The summed E-state index contributed by atoms with van der Waals surface area (Å²) in [6.45, 7) is -0.466. The molecule has 3 aromatic carbocycles. The van der Waals surface area contributed by atoms with Gasteiger partial charge in [0.05, 0.1) is 19.3 Å². The Morgan fingerprint density at radius 1 is 0.662 bits per heavy atom. The number of ether oxygens (including phenoxy) is 7. The van der Waals surface area contributed by atoms with Crippen LogP contribution in [0.4, 0.5) is 0 Å². The highest BCUT2D eigenvalue weighted by Gasteiger charge is 2.54. The van der Waals surface area contributed by atoms with Crippen molar-refractivity contribution in [1.82, 2.24) is 0 Å². The predicted molar refractivity (Wildman–Crippen MR) is 214 cm³/mol. The molecule has 23 nitrogen and oxygen atoms in total. The van der Waals surface area contributed by atoms with Gasteiger partial charge in [0.2, 0.25) is 23.8 Å². The van der Waals surface area contributed by atoms with E-state index >= 15 is 0 Å². The monoisotopic (exact) mass is 918 g/mol. The third kappa shape index (κ3) is 9.68. The van der Waals surface area contributed by atoms with E-state index in [2.05, 4.69) is 0 Å². The summed E-state index contributed by atoms with van der Waals surface area (Å²) in [7, 11) is 0. The molecule has 3 fully saturated rings. The lowest BCUT2D eigenvalue weighted by atomic mass is 9.96. The first-order valence-electron chi connectivity index (χ1n) is 19.9. The average molecular weight is 919 g/mol. The highest BCUT2D eigenvalue weighted by molar-refractivity contribution is 5.89. The molecule has 65 heavy (non-hydrogen) atoms. The fraction of sp³-hybridized carbons (Fsp3) is 0.429. The maximum Gasteiger partial charge on any atom is 0.331 e. The number of benzene rings is 3. The molecule has 15 atom stereocenters. The minimum absolute atomic E-state index is 0.0388. The van der Waals surface area contributed by atoms with Crippen LogP contribution in [0.2, 0.25) is 0 Å². The number of rotatable bonds is 12. The van der Waals surface area contributed by atoms with E-state index in [-0.39, 0.29) is 28.2 Å². The summed E-state index contributed by atoms with van der Waals surface area (Å²) in [6.07, 6.45) is -24.7. The lowest BCUT2D eigenvalue weighted by molar-refractivity contribution is -0.353. The van der Waals surface area contributed by atoms with Gasteiger partial charge in [-0.3, -0.25) is 4.79 Å². The topological polar surface area (TPSA) is 375 Å². The van der Waals surface area contributed by atoms with Gasteiger partial charge in [0.15, 0.2) is 29.7 Å². The SMILES string of the molecule is C[C@@H]1O[C@H](Oc2cc(O)c3c(=O)c(O[C@H]4O[C@H](CO)[C@@H](O)[C@H](O[C@H]5O[C@H](CO)[C@@H](O)[C@@H](O)[C@H]5O)[C@H]4OC(=O)C=Cc4ccc(O)c(O)c4)c(-c4ccc(O)cc4)oc3c2)[C@H](O)[C@@H](O)[C@H]1O. The molecular formula is C42H46O23. The van der Waals surface area contributed by atoms with Crippen molar-refractivity contribution < 1.29 is 109 Å². The molecule has 3 aliphatic rings. The van der Waals surface area contributed by atoms with Gasteiger partial charge in [-0.15, -0.1) is 0 Å². The predicted octanol–water partition coefficient (Wildman–Crippen LogP) is -2.24. The van der Waals surface area contributed by atoms with Crippen molar-refractivity contribution in [1.29, 1.82) is 0 Å². The first-order chi connectivity index (χ1) is 30.9. The number of carbonyl (C=O) groups is 1. The Hall–Kier alpha value is -5.64. The Labute approximate surface area is 365 Å². The maximum atomic E-state index is 14.6. The Kier molecular flexibility index (Phi) is 14.2. The van der Waals surface area contributed by atoms with E-state index in [4.69, 9.17) is 37.6 Å². The van der Waals surface area contributed by atoms with Crippen LogP contribution in [0.1, 0.15) is 12.5 Å². The van der Waals surface area contributed by atoms with E-state index in [9.17, 15) is 76.0 Å². The van der Waals surface area contributed by atoms with Crippen LogP contribution >= 0.6 is 0 Å². The highest BCUT2D eigenvalue weighted by Crippen LogP contribution is 2.40. The highest BCUT2D eigenvalue weighted by atomic mass is 16.8. The van der Waals surface area contributed by atoms with Crippen LogP contribution in [0.15, 0.2) is 69.9 Å². The summed E-state index contributed by atoms with van der Waals surface area (Å²) in [5, 5.41) is 135. The lowest BCUT2D eigenvalue weighted by Crippen LogP contribution is -2.66. The largest absolute Gasteiger partial charge is 0.508 e. The molecule has 0 aliphatic carbocycles. The molecule has 0 amide bonds. The second-order valence-electron chi connectivity index (χ2n) is 15.4. The van der Waals surface area contributed by atoms with Gasteiger partial charge in [-0.1, -0.05) is 6.07 Å². The van der Waals surface area contributed by atoms with Gasteiger partial charge >= 0.3 is 5.97 Å². The molecule has 0 saturated carbocycles. The summed E-state index contributed by atoms with van der Waals surface area (Å²) < 4.78 is 46.4. The van der Waals surface area contributed by atoms with E-state index < -0.39 is 151 Å². The van der Waals surface area contributed by atoms with E-state index in [1.807, 2.05) is 0 Å². The third-order valence-corrected chi connectivity index (χ3v) is 10.9. The average Bonchev–Trinajstić information content (AvgIpc) is 3.28. The zero-order valence-electron chi connectivity index (χ0n) is 33.8. The van der Waals surface area contributed by atoms with Crippen molar-refractivity contribution >= 4 is 23.0 Å². The van der Waals surface area contributed by atoms with Crippen LogP contribution in [0.3, 0.4) is 0 Å². The molecule has 23 heteroatoms. The Balaban J connectivity index is 1.31. The summed E-state index contributed by atoms with van der Waals surface area (Å²) >= 11 is 0. The number of phenolic OH excluding ortho intramolecular Hbond substituents is 4. The van der Waals surface area contributed by atoms with Gasteiger partial charge in [0, 0.05) is 23.8 Å². The smallest absolute Gasteiger partial charge is 0.331 e. The lowest BCUT2D eigenvalue weighted by Gasteiger charge is -2.46. The van der Waals surface area contributed by atoms with Crippen LogP contribution in [-0.4, -0.2) is 178 Å². The van der Waals surface area contributed by atoms with Crippen molar-refractivity contribution in [2.75, 3.05) is 13.2 Å². The molecule has 352 valence electrons. The molecule has 0 bridgehead atoms. The molecule has 4 aromatic rings. The number of hydrogen-bond donors (Lipinski definition) is 13. The standard InChI is InChI=1S/C42H46O23/c1-15-28(50)32(54)34(56)40(58-15)59-19-11-22(48)27-23(12-19)60-36(17-4-6-18(45)7-5-17)38(31(27)53)65-42-39(63-26(49)9-3-16-2-8-20(46)21(47)10-16)37(30(52)25(14-44)62-42)64-41-35(57)33(55)29(51)24(13-43)61-41/h2-12,15,24-25,28-30,32-35,37,39-48,50-52,54-57H,13-14H2,1H3/t15-,24+,25+,28-,29+,30+,32-,33+,34+,35+,37-,39+,40+,41+,42+/m0/s1. The molecule has 0 radical (unpaired) electrons. The van der Waals surface area contributed by atoms with Gasteiger partial charge in [0.25, 0.3) is 0 Å². The minimum atomic E-state index is -2.10. The molecule has 3 saturated heterocycles. The molecule has 3 aliphatic heterocycles. The maximum absolute atomic E-state index is 14.6. The number of phenols is 4. The third-order valence-electron chi connectivity index (χ3n) is 10.9. The molecule has 13 N–H and O–H groups in total. The molecular weight excluding hydrogens is 872 g/mol. The number of aliphatic hydroxyl groups excluding tert-OH is 9. The van der Waals surface area contributed by atoms with Crippen LogP contribution in [0.25, 0.3) is 28.4 Å². The first-order valence-corrected chi connectivity index (χ1v) is 19.9. The number of esters is 1. The van der Waals surface area contributed by atoms with Crippen LogP contribution in [0, 0.1) is 0 Å². The zero-order valence-corrected chi connectivity index (χ0v) is 33.8. The fourth-order valence-corrected chi connectivity index (χ4v) is 7.33. The molecule has 0 unspecified atom stereocenters. The molecule has 4 heterocycles. The Morgan fingerprint density at radius 3 is 1.98 bits per heavy atom. The Morgan fingerprint density at radius 2 is 1.31 bits per heavy atom. The molecule has 7 rings (SSSR count). The van der Waals surface area contributed by atoms with Crippen LogP contribution in [-0.2, 0) is 28.5 Å². The van der Waals surface area contributed by atoms with Crippen molar-refractivity contribution in [2.24, 2.45) is 0 Å². The van der Waals surface area contributed by atoms with Gasteiger partial charge < -0.3 is 104 Å².